The zero-order valence-electron chi connectivity index (χ0n) is 19.9. The SMILES string of the molecule is COc1ccc([C@H]2Nc3ccccc3NC3=C2C(=O)CC(C)(C)C3)cc1OCc1ccccc1. The van der Waals surface area contributed by atoms with E-state index < -0.39 is 0 Å². The number of benzene rings is 3. The number of rotatable bonds is 5. The van der Waals surface area contributed by atoms with Crippen molar-refractivity contribution in [1.29, 1.82) is 0 Å². The molecule has 0 unspecified atom stereocenters. The van der Waals surface area contributed by atoms with E-state index in [0.717, 1.165) is 40.2 Å². The van der Waals surface area contributed by atoms with Gasteiger partial charge in [-0.1, -0.05) is 62.4 Å². The Labute approximate surface area is 200 Å². The van der Waals surface area contributed by atoms with Crippen LogP contribution in [0.5, 0.6) is 11.5 Å². The zero-order valence-corrected chi connectivity index (χ0v) is 19.9. The highest BCUT2D eigenvalue weighted by Crippen LogP contribution is 2.46. The topological polar surface area (TPSA) is 59.6 Å². The largest absolute Gasteiger partial charge is 0.493 e. The van der Waals surface area contributed by atoms with Crippen molar-refractivity contribution in [3.05, 3.63) is 95.2 Å². The van der Waals surface area contributed by atoms with Crippen LogP contribution in [0.3, 0.4) is 0 Å². The number of ketones is 1. The molecule has 0 radical (unpaired) electrons. The highest BCUT2D eigenvalue weighted by atomic mass is 16.5. The summed E-state index contributed by atoms with van der Waals surface area (Å²) in [6.45, 7) is 4.74. The lowest BCUT2D eigenvalue weighted by Gasteiger charge is -2.34. The molecule has 34 heavy (non-hydrogen) atoms. The molecule has 0 saturated carbocycles. The fourth-order valence-electron chi connectivity index (χ4n) is 4.86. The van der Waals surface area contributed by atoms with Gasteiger partial charge in [0.15, 0.2) is 17.3 Å². The van der Waals surface area contributed by atoms with Gasteiger partial charge in [0.05, 0.1) is 24.5 Å². The number of hydrogen-bond acceptors (Lipinski definition) is 5. The molecule has 0 amide bonds. The third-order valence-electron chi connectivity index (χ3n) is 6.48. The fraction of sp³-hybridized carbons (Fsp3) is 0.276. The number of para-hydroxylation sites is 2. The maximum Gasteiger partial charge on any atom is 0.163 e. The van der Waals surface area contributed by atoms with Crippen LogP contribution in [0, 0.1) is 5.41 Å². The predicted molar refractivity (Wildman–Crippen MR) is 135 cm³/mol. The number of carbonyl (C=O) groups excluding carboxylic acids is 1. The van der Waals surface area contributed by atoms with Crippen LogP contribution in [-0.4, -0.2) is 12.9 Å². The molecule has 5 nitrogen and oxygen atoms in total. The zero-order chi connectivity index (χ0) is 23.7. The van der Waals surface area contributed by atoms with Crippen LogP contribution in [0.15, 0.2) is 84.1 Å². The van der Waals surface area contributed by atoms with Crippen molar-refractivity contribution < 1.29 is 14.3 Å². The Morgan fingerprint density at radius 3 is 2.41 bits per heavy atom. The summed E-state index contributed by atoms with van der Waals surface area (Å²) in [5, 5.41) is 7.21. The quantitative estimate of drug-likeness (QED) is 0.461. The van der Waals surface area contributed by atoms with E-state index in [4.69, 9.17) is 9.47 Å². The second-order valence-corrected chi connectivity index (χ2v) is 9.77. The Morgan fingerprint density at radius 2 is 1.65 bits per heavy atom. The summed E-state index contributed by atoms with van der Waals surface area (Å²) in [6, 6.07) is 23.8. The standard InChI is InChI=1S/C29H30N2O3/c1-29(2)16-23-27(24(32)17-29)28(31-22-12-8-7-11-21(22)30-23)20-13-14-25(33-3)26(15-20)34-18-19-9-5-4-6-10-19/h4-15,28,30-31H,16-18H2,1-3H3/t28-/m1/s1. The summed E-state index contributed by atoms with van der Waals surface area (Å²) in [6.07, 6.45) is 1.34. The summed E-state index contributed by atoms with van der Waals surface area (Å²) in [4.78, 5) is 13.5. The molecule has 1 aliphatic carbocycles. The van der Waals surface area contributed by atoms with Crippen LogP contribution in [-0.2, 0) is 11.4 Å². The minimum absolute atomic E-state index is 0.0867. The van der Waals surface area contributed by atoms with Gasteiger partial charge in [-0.05, 0) is 47.2 Å². The first-order valence-electron chi connectivity index (χ1n) is 11.7. The number of allylic oxidation sites excluding steroid dienone is 1. The summed E-state index contributed by atoms with van der Waals surface area (Å²) in [7, 11) is 1.64. The fourth-order valence-corrected chi connectivity index (χ4v) is 4.86. The van der Waals surface area contributed by atoms with Crippen LogP contribution in [0.4, 0.5) is 11.4 Å². The lowest BCUT2D eigenvalue weighted by atomic mass is 9.73. The molecular formula is C29H30N2O3. The number of fused-ring (bicyclic) bond motifs is 1. The van der Waals surface area contributed by atoms with Crippen molar-refractivity contribution in [2.45, 2.75) is 39.3 Å². The monoisotopic (exact) mass is 454 g/mol. The molecule has 0 saturated heterocycles. The van der Waals surface area contributed by atoms with E-state index in [0.29, 0.717) is 24.5 Å². The second-order valence-electron chi connectivity index (χ2n) is 9.77. The van der Waals surface area contributed by atoms with Gasteiger partial charge in [-0.2, -0.15) is 0 Å². The van der Waals surface area contributed by atoms with Gasteiger partial charge in [0, 0.05) is 17.7 Å². The van der Waals surface area contributed by atoms with Gasteiger partial charge in [0.2, 0.25) is 0 Å². The minimum Gasteiger partial charge on any atom is -0.493 e. The molecule has 2 aliphatic rings. The number of Topliss-reactive ketones (excluding diaryl/α,β-unsaturated/α-hetero) is 1. The van der Waals surface area contributed by atoms with E-state index in [1.54, 1.807) is 7.11 Å². The number of methoxy groups -OCH3 is 1. The molecule has 0 bridgehead atoms. The van der Waals surface area contributed by atoms with E-state index in [1.807, 2.05) is 72.8 Å². The van der Waals surface area contributed by atoms with E-state index in [1.165, 1.54) is 0 Å². The first-order chi connectivity index (χ1) is 16.4. The highest BCUT2D eigenvalue weighted by molar-refractivity contribution is 6.01. The molecule has 5 rings (SSSR count). The van der Waals surface area contributed by atoms with E-state index in [9.17, 15) is 4.79 Å². The summed E-state index contributed by atoms with van der Waals surface area (Å²) >= 11 is 0. The van der Waals surface area contributed by atoms with Gasteiger partial charge in [0.1, 0.15) is 6.61 Å². The van der Waals surface area contributed by atoms with Crippen molar-refractivity contribution in [3.8, 4) is 11.5 Å². The lowest BCUT2D eigenvalue weighted by molar-refractivity contribution is -0.118. The van der Waals surface area contributed by atoms with Gasteiger partial charge < -0.3 is 20.1 Å². The van der Waals surface area contributed by atoms with Crippen molar-refractivity contribution in [1.82, 2.24) is 0 Å². The Morgan fingerprint density at radius 1 is 0.912 bits per heavy atom. The van der Waals surface area contributed by atoms with Crippen LogP contribution >= 0.6 is 0 Å². The van der Waals surface area contributed by atoms with Gasteiger partial charge in [-0.3, -0.25) is 4.79 Å². The molecule has 2 N–H and O–H groups in total. The van der Waals surface area contributed by atoms with Crippen molar-refractivity contribution >= 4 is 17.2 Å². The normalized spacial score (nSPS) is 18.7. The maximum atomic E-state index is 13.5. The maximum absolute atomic E-state index is 13.5. The van der Waals surface area contributed by atoms with E-state index >= 15 is 0 Å². The highest BCUT2D eigenvalue weighted by Gasteiger charge is 2.38. The third-order valence-corrected chi connectivity index (χ3v) is 6.48. The average Bonchev–Trinajstić information content (AvgIpc) is 2.99. The first kappa shape index (κ1) is 22.1. The number of ether oxygens (including phenoxy) is 2. The number of hydrogen-bond donors (Lipinski definition) is 2. The van der Waals surface area contributed by atoms with Crippen LogP contribution in [0.1, 0.15) is 43.9 Å². The van der Waals surface area contributed by atoms with Gasteiger partial charge >= 0.3 is 0 Å². The van der Waals surface area contributed by atoms with Crippen LogP contribution in [0.2, 0.25) is 0 Å². The summed E-state index contributed by atoms with van der Waals surface area (Å²) in [5.41, 5.74) is 5.70. The molecule has 3 aromatic rings. The number of carbonyl (C=O) groups is 1. The van der Waals surface area contributed by atoms with Crippen LogP contribution in [0.25, 0.3) is 0 Å². The molecule has 5 heteroatoms. The van der Waals surface area contributed by atoms with Crippen molar-refractivity contribution in [3.63, 3.8) is 0 Å². The van der Waals surface area contributed by atoms with Crippen molar-refractivity contribution in [2.24, 2.45) is 5.41 Å². The predicted octanol–water partition coefficient (Wildman–Crippen LogP) is 6.50. The van der Waals surface area contributed by atoms with Crippen molar-refractivity contribution in [2.75, 3.05) is 17.7 Å². The third kappa shape index (κ3) is 4.38. The Hall–Kier alpha value is -3.73. The number of anilines is 2. The molecule has 0 fully saturated rings. The Balaban J connectivity index is 1.56. The molecule has 1 heterocycles. The molecule has 174 valence electrons. The number of nitrogens with one attached hydrogen (secondary N) is 2. The smallest absolute Gasteiger partial charge is 0.163 e. The lowest BCUT2D eigenvalue weighted by Crippen LogP contribution is -2.31. The molecule has 0 aromatic heterocycles. The van der Waals surface area contributed by atoms with E-state index in [2.05, 4.69) is 24.5 Å². The second kappa shape index (κ2) is 8.90. The molecular weight excluding hydrogens is 424 g/mol. The Bertz CT molecular complexity index is 1250. The van der Waals surface area contributed by atoms with Crippen LogP contribution < -0.4 is 20.1 Å². The summed E-state index contributed by atoms with van der Waals surface area (Å²) in [5.74, 6) is 1.49. The van der Waals surface area contributed by atoms with Gasteiger partial charge in [-0.25, -0.2) is 0 Å². The molecule has 1 atom stereocenters. The molecule has 1 aliphatic heterocycles. The first-order valence-corrected chi connectivity index (χ1v) is 11.7. The minimum atomic E-state index is -0.292. The van der Waals surface area contributed by atoms with Gasteiger partial charge in [0.25, 0.3) is 0 Å². The Kier molecular flexibility index (Phi) is 5.78. The molecule has 3 aromatic carbocycles. The molecule has 0 spiro atoms. The van der Waals surface area contributed by atoms with Gasteiger partial charge in [-0.15, -0.1) is 0 Å². The summed E-state index contributed by atoms with van der Waals surface area (Å²) < 4.78 is 11.7. The average molecular weight is 455 g/mol. The van der Waals surface area contributed by atoms with E-state index in [-0.39, 0.29) is 17.2 Å².